The number of carbonyl (C=O) groups is 2. The predicted octanol–water partition coefficient (Wildman–Crippen LogP) is 6.23. The zero-order valence-electron chi connectivity index (χ0n) is 20.4. The fourth-order valence-corrected chi connectivity index (χ4v) is 4.13. The molecule has 0 unspecified atom stereocenters. The van der Waals surface area contributed by atoms with Crippen LogP contribution in [0, 0.1) is 13.8 Å². The van der Waals surface area contributed by atoms with Gasteiger partial charge in [-0.25, -0.2) is 5.01 Å². The van der Waals surface area contributed by atoms with E-state index in [9.17, 15) is 9.59 Å². The van der Waals surface area contributed by atoms with Crippen molar-refractivity contribution in [1.29, 1.82) is 0 Å². The second kappa shape index (κ2) is 12.0. The van der Waals surface area contributed by atoms with E-state index in [4.69, 9.17) is 0 Å². The highest BCUT2D eigenvalue weighted by molar-refractivity contribution is 5.99. The third-order valence-electron chi connectivity index (χ3n) is 5.95. The van der Waals surface area contributed by atoms with E-state index in [1.807, 2.05) is 74.5 Å². The molecule has 0 aliphatic heterocycles. The number of nitrogens with zero attached hydrogens (tertiary/aromatic N) is 1. The maximum atomic E-state index is 13.6. The monoisotopic (exact) mass is 454 g/mol. The van der Waals surface area contributed by atoms with E-state index in [0.717, 1.165) is 29.5 Å². The minimum absolute atomic E-state index is 0.222. The molecule has 0 fully saturated rings. The molecule has 0 radical (unpaired) electrons. The largest absolute Gasteiger partial charge is 0.272 e. The number of nitrogens with one attached hydrogen (secondary N) is 1. The Kier molecular flexibility index (Phi) is 8.80. The van der Waals surface area contributed by atoms with Gasteiger partial charge in [-0.15, -0.1) is 6.58 Å². The molecule has 1 atom stereocenters. The van der Waals surface area contributed by atoms with Gasteiger partial charge in [-0.05, 0) is 74.9 Å². The van der Waals surface area contributed by atoms with Crippen molar-refractivity contribution in [2.75, 3.05) is 0 Å². The lowest BCUT2D eigenvalue weighted by atomic mass is 10.0. The van der Waals surface area contributed by atoms with Gasteiger partial charge in [0.2, 0.25) is 0 Å². The highest BCUT2D eigenvalue weighted by atomic mass is 16.2. The summed E-state index contributed by atoms with van der Waals surface area (Å²) in [4.78, 5) is 26.9. The van der Waals surface area contributed by atoms with E-state index in [0.29, 0.717) is 24.0 Å². The summed E-state index contributed by atoms with van der Waals surface area (Å²) in [5.41, 5.74) is 8.38. The summed E-state index contributed by atoms with van der Waals surface area (Å²) in [6, 6.07) is 23.2. The summed E-state index contributed by atoms with van der Waals surface area (Å²) < 4.78 is 0. The van der Waals surface area contributed by atoms with Crippen LogP contribution in [0.3, 0.4) is 0 Å². The summed E-state index contributed by atoms with van der Waals surface area (Å²) >= 11 is 0. The van der Waals surface area contributed by atoms with Crippen LogP contribution in [0.1, 0.15) is 62.7 Å². The van der Waals surface area contributed by atoms with Gasteiger partial charge in [-0.2, -0.15) is 0 Å². The molecule has 0 aliphatic rings. The maximum absolute atomic E-state index is 13.6. The SMILES string of the molecule is C=CC[C@@H](CCc1ccccc1)N(NC(=O)c1cc(C)cc(C)c1)C(=O)c1ccc(CC)cc1. The molecule has 0 aliphatic carbocycles. The molecule has 0 spiro atoms. The average molecular weight is 455 g/mol. The van der Waals surface area contributed by atoms with Crippen LogP contribution in [0.2, 0.25) is 0 Å². The van der Waals surface area contributed by atoms with Gasteiger partial charge in [0.15, 0.2) is 0 Å². The molecular weight excluding hydrogens is 420 g/mol. The lowest BCUT2D eigenvalue weighted by Gasteiger charge is -2.32. The molecule has 0 heterocycles. The summed E-state index contributed by atoms with van der Waals surface area (Å²) in [5.74, 6) is -0.514. The lowest BCUT2D eigenvalue weighted by Crippen LogP contribution is -2.52. The minimum Gasteiger partial charge on any atom is -0.267 e. The number of carbonyl (C=O) groups excluding carboxylic acids is 2. The van der Waals surface area contributed by atoms with Crippen molar-refractivity contribution in [2.24, 2.45) is 0 Å². The predicted molar refractivity (Wildman–Crippen MR) is 139 cm³/mol. The molecule has 3 aromatic rings. The summed E-state index contributed by atoms with van der Waals surface area (Å²) in [7, 11) is 0. The first kappa shape index (κ1) is 25.0. The smallest absolute Gasteiger partial charge is 0.267 e. The Labute approximate surface area is 203 Å². The summed E-state index contributed by atoms with van der Waals surface area (Å²) in [6.07, 6.45) is 4.76. The third kappa shape index (κ3) is 6.67. The summed E-state index contributed by atoms with van der Waals surface area (Å²) in [5, 5.41) is 1.51. The van der Waals surface area contributed by atoms with Crippen LogP contribution in [0.4, 0.5) is 0 Å². The van der Waals surface area contributed by atoms with Crippen molar-refractivity contribution >= 4 is 11.8 Å². The van der Waals surface area contributed by atoms with Gasteiger partial charge >= 0.3 is 0 Å². The molecule has 0 saturated carbocycles. The second-order valence-electron chi connectivity index (χ2n) is 8.75. The minimum atomic E-state index is -0.292. The van der Waals surface area contributed by atoms with Crippen molar-refractivity contribution < 1.29 is 9.59 Å². The lowest BCUT2D eigenvalue weighted by molar-refractivity contribution is 0.0471. The number of hydrogen-bond donors (Lipinski definition) is 1. The van der Waals surface area contributed by atoms with Crippen LogP contribution in [0.15, 0.2) is 85.5 Å². The van der Waals surface area contributed by atoms with Gasteiger partial charge in [0.25, 0.3) is 11.8 Å². The van der Waals surface area contributed by atoms with E-state index < -0.39 is 0 Å². The number of hydrogen-bond acceptors (Lipinski definition) is 2. The Morgan fingerprint density at radius 2 is 1.56 bits per heavy atom. The average Bonchev–Trinajstić information content (AvgIpc) is 2.85. The Morgan fingerprint density at radius 1 is 0.912 bits per heavy atom. The molecule has 176 valence electrons. The number of benzene rings is 3. The van der Waals surface area contributed by atoms with Gasteiger partial charge in [-0.3, -0.25) is 15.0 Å². The van der Waals surface area contributed by atoms with Crippen LogP contribution in [-0.4, -0.2) is 22.9 Å². The fraction of sp³-hybridized carbons (Fsp3) is 0.267. The van der Waals surface area contributed by atoms with Gasteiger partial charge in [0.05, 0.1) is 6.04 Å². The molecule has 4 nitrogen and oxygen atoms in total. The molecular formula is C30H34N2O2. The number of aryl methyl sites for hydroxylation is 4. The Morgan fingerprint density at radius 3 is 2.15 bits per heavy atom. The normalized spacial score (nSPS) is 11.5. The zero-order valence-corrected chi connectivity index (χ0v) is 20.4. The van der Waals surface area contributed by atoms with Crippen LogP contribution >= 0.6 is 0 Å². The van der Waals surface area contributed by atoms with Crippen molar-refractivity contribution in [3.8, 4) is 0 Å². The first-order chi connectivity index (χ1) is 16.4. The molecule has 1 N–H and O–H groups in total. The van der Waals surface area contributed by atoms with Crippen molar-refractivity contribution in [3.63, 3.8) is 0 Å². The van der Waals surface area contributed by atoms with Crippen LogP contribution in [0.5, 0.6) is 0 Å². The maximum Gasteiger partial charge on any atom is 0.272 e. The van der Waals surface area contributed by atoms with Crippen LogP contribution < -0.4 is 5.43 Å². The van der Waals surface area contributed by atoms with E-state index in [-0.39, 0.29) is 17.9 Å². The summed E-state index contributed by atoms with van der Waals surface area (Å²) in [6.45, 7) is 9.90. The first-order valence-corrected chi connectivity index (χ1v) is 11.9. The number of hydrazine groups is 1. The van der Waals surface area contributed by atoms with Crippen LogP contribution in [0.25, 0.3) is 0 Å². The van der Waals surface area contributed by atoms with Crippen molar-refractivity contribution in [3.05, 3.63) is 119 Å². The molecule has 34 heavy (non-hydrogen) atoms. The third-order valence-corrected chi connectivity index (χ3v) is 5.95. The Balaban J connectivity index is 1.91. The quantitative estimate of drug-likeness (QED) is 0.308. The molecule has 4 heteroatoms. The Hall–Kier alpha value is -3.66. The van der Waals surface area contributed by atoms with Crippen molar-refractivity contribution in [2.45, 2.75) is 52.5 Å². The highest BCUT2D eigenvalue weighted by Crippen LogP contribution is 2.18. The van der Waals surface area contributed by atoms with Crippen molar-refractivity contribution in [1.82, 2.24) is 10.4 Å². The first-order valence-electron chi connectivity index (χ1n) is 11.9. The van der Waals surface area contributed by atoms with E-state index >= 15 is 0 Å². The number of amides is 2. The van der Waals surface area contributed by atoms with Crippen LogP contribution in [-0.2, 0) is 12.8 Å². The molecule has 2 amide bonds. The molecule has 0 saturated heterocycles. The molecule has 0 aromatic heterocycles. The molecule has 3 rings (SSSR count). The second-order valence-corrected chi connectivity index (χ2v) is 8.75. The molecule has 0 bridgehead atoms. The van der Waals surface area contributed by atoms with Gasteiger partial charge in [0.1, 0.15) is 0 Å². The van der Waals surface area contributed by atoms with E-state index in [1.165, 1.54) is 10.6 Å². The zero-order chi connectivity index (χ0) is 24.5. The fourth-order valence-electron chi connectivity index (χ4n) is 4.13. The van der Waals surface area contributed by atoms with E-state index in [2.05, 4.69) is 31.1 Å². The topological polar surface area (TPSA) is 49.4 Å². The highest BCUT2D eigenvalue weighted by Gasteiger charge is 2.26. The van der Waals surface area contributed by atoms with Gasteiger partial charge in [-0.1, -0.05) is 72.7 Å². The molecule has 3 aromatic carbocycles. The van der Waals surface area contributed by atoms with E-state index in [1.54, 1.807) is 6.08 Å². The standard InChI is InChI=1S/C30H34N2O2/c1-5-10-28(18-15-25-11-8-7-9-12-25)32(30(34)26-16-13-24(6-2)14-17-26)31-29(33)27-20-22(3)19-23(4)21-27/h5,7-9,11-14,16-17,19-21,28H,1,6,10,15,18H2,2-4H3,(H,31,33)/t28-/m0/s1. The Bertz CT molecular complexity index is 1100. The number of rotatable bonds is 9. The van der Waals surface area contributed by atoms with Gasteiger partial charge < -0.3 is 0 Å². The van der Waals surface area contributed by atoms with Gasteiger partial charge in [0, 0.05) is 11.1 Å².